The lowest BCUT2D eigenvalue weighted by molar-refractivity contribution is 0.377. The summed E-state index contributed by atoms with van der Waals surface area (Å²) in [6.07, 6.45) is 1.12. The molecule has 0 aromatic heterocycles. The molecule has 1 N–H and O–H groups in total. The van der Waals surface area contributed by atoms with Crippen LogP contribution in [-0.2, 0) is 0 Å². The summed E-state index contributed by atoms with van der Waals surface area (Å²) in [7, 11) is 0. The zero-order valence-electron chi connectivity index (χ0n) is 9.97. The maximum absolute atomic E-state index is 8.75. The van der Waals surface area contributed by atoms with E-state index < -0.39 is 0 Å². The summed E-state index contributed by atoms with van der Waals surface area (Å²) < 4.78 is 0. The van der Waals surface area contributed by atoms with Crippen LogP contribution in [0.2, 0.25) is 5.02 Å². The summed E-state index contributed by atoms with van der Waals surface area (Å²) >= 11 is 5.95. The van der Waals surface area contributed by atoms with Gasteiger partial charge in [-0.3, -0.25) is 0 Å². The van der Waals surface area contributed by atoms with Crippen molar-refractivity contribution in [3.05, 3.63) is 28.8 Å². The summed E-state index contributed by atoms with van der Waals surface area (Å²) in [6, 6.07) is 7.47. The van der Waals surface area contributed by atoms with Crippen LogP contribution in [0, 0.1) is 16.7 Å². The van der Waals surface area contributed by atoms with Crippen LogP contribution in [-0.4, -0.2) is 6.54 Å². The lowest BCUT2D eigenvalue weighted by Gasteiger charge is -2.23. The van der Waals surface area contributed by atoms with Crippen molar-refractivity contribution in [3.8, 4) is 6.07 Å². The van der Waals surface area contributed by atoms with Crippen LogP contribution in [0.15, 0.2) is 18.2 Å². The average Bonchev–Trinajstić information content (AvgIpc) is 2.27. The highest BCUT2D eigenvalue weighted by Gasteiger charge is 2.14. The quantitative estimate of drug-likeness (QED) is 0.856. The fourth-order valence-electron chi connectivity index (χ4n) is 1.18. The topological polar surface area (TPSA) is 35.8 Å². The number of hydrogen-bond acceptors (Lipinski definition) is 2. The smallest absolute Gasteiger partial charge is 0.101 e. The Morgan fingerprint density at radius 3 is 2.62 bits per heavy atom. The molecule has 0 heterocycles. The molecule has 1 rings (SSSR count). The van der Waals surface area contributed by atoms with E-state index in [4.69, 9.17) is 16.9 Å². The third-order valence-electron chi connectivity index (χ3n) is 2.82. The summed E-state index contributed by atoms with van der Waals surface area (Å²) in [5.74, 6) is 0. The molecule has 1 aromatic rings. The Bertz CT molecular complexity index is 405. The highest BCUT2D eigenvalue weighted by Crippen LogP contribution is 2.23. The second-order valence-corrected chi connectivity index (χ2v) is 5.08. The molecule has 0 aliphatic rings. The van der Waals surface area contributed by atoms with E-state index in [0.717, 1.165) is 18.7 Å². The van der Waals surface area contributed by atoms with Crippen molar-refractivity contribution in [3.63, 3.8) is 0 Å². The standard InChI is InChI=1S/C13H17ClN2/c1-4-13(2,3)9-16-11-6-5-10(8-15)12(14)7-11/h5-7,16H,4,9H2,1-3H3. The van der Waals surface area contributed by atoms with Crippen molar-refractivity contribution >= 4 is 17.3 Å². The first kappa shape index (κ1) is 12.9. The fourth-order valence-corrected chi connectivity index (χ4v) is 1.40. The SMILES string of the molecule is CCC(C)(C)CNc1ccc(C#N)c(Cl)c1. The maximum atomic E-state index is 8.75. The summed E-state index contributed by atoms with van der Waals surface area (Å²) in [5, 5.41) is 12.6. The lowest BCUT2D eigenvalue weighted by atomic mass is 9.90. The molecule has 0 unspecified atom stereocenters. The van der Waals surface area contributed by atoms with E-state index in [-0.39, 0.29) is 5.41 Å². The van der Waals surface area contributed by atoms with E-state index in [1.807, 2.05) is 12.1 Å². The minimum absolute atomic E-state index is 0.264. The lowest BCUT2D eigenvalue weighted by Crippen LogP contribution is -2.21. The van der Waals surface area contributed by atoms with Crippen molar-refractivity contribution < 1.29 is 0 Å². The van der Waals surface area contributed by atoms with Gasteiger partial charge in [0.2, 0.25) is 0 Å². The second-order valence-electron chi connectivity index (χ2n) is 4.68. The van der Waals surface area contributed by atoms with Gasteiger partial charge in [-0.2, -0.15) is 5.26 Å². The molecule has 1 aromatic carbocycles. The minimum atomic E-state index is 0.264. The van der Waals surface area contributed by atoms with Gasteiger partial charge in [-0.25, -0.2) is 0 Å². The molecule has 0 radical (unpaired) electrons. The van der Waals surface area contributed by atoms with E-state index in [1.54, 1.807) is 12.1 Å². The van der Waals surface area contributed by atoms with Gasteiger partial charge in [0.25, 0.3) is 0 Å². The number of hydrogen-bond donors (Lipinski definition) is 1. The van der Waals surface area contributed by atoms with Gasteiger partial charge in [0.1, 0.15) is 6.07 Å². The van der Waals surface area contributed by atoms with E-state index in [1.165, 1.54) is 0 Å². The zero-order chi connectivity index (χ0) is 12.2. The predicted octanol–water partition coefficient (Wildman–Crippen LogP) is 4.06. The van der Waals surface area contributed by atoms with Crippen LogP contribution in [0.1, 0.15) is 32.8 Å². The first-order valence-corrected chi connectivity index (χ1v) is 5.80. The van der Waals surface area contributed by atoms with Crippen LogP contribution >= 0.6 is 11.6 Å². The zero-order valence-corrected chi connectivity index (χ0v) is 10.7. The molecule has 0 saturated carbocycles. The fraction of sp³-hybridized carbons (Fsp3) is 0.462. The van der Waals surface area contributed by atoms with Crippen molar-refractivity contribution in [2.45, 2.75) is 27.2 Å². The van der Waals surface area contributed by atoms with Gasteiger partial charge in [0.15, 0.2) is 0 Å². The number of nitriles is 1. The normalized spacial score (nSPS) is 10.9. The maximum Gasteiger partial charge on any atom is 0.101 e. The molecule has 0 aliphatic heterocycles. The molecule has 0 amide bonds. The number of halogens is 1. The van der Waals surface area contributed by atoms with Crippen molar-refractivity contribution in [2.24, 2.45) is 5.41 Å². The molecule has 86 valence electrons. The highest BCUT2D eigenvalue weighted by molar-refractivity contribution is 6.32. The van der Waals surface area contributed by atoms with Gasteiger partial charge in [-0.05, 0) is 30.0 Å². The van der Waals surface area contributed by atoms with Crippen molar-refractivity contribution in [1.29, 1.82) is 5.26 Å². The molecule has 0 aliphatic carbocycles. The van der Waals surface area contributed by atoms with Gasteiger partial charge < -0.3 is 5.32 Å². The van der Waals surface area contributed by atoms with Gasteiger partial charge >= 0.3 is 0 Å². The number of rotatable bonds is 4. The summed E-state index contributed by atoms with van der Waals surface area (Å²) in [6.45, 7) is 7.50. The van der Waals surface area contributed by atoms with Crippen LogP contribution in [0.5, 0.6) is 0 Å². The van der Waals surface area contributed by atoms with Crippen molar-refractivity contribution in [1.82, 2.24) is 0 Å². The molecule has 0 atom stereocenters. The number of anilines is 1. The predicted molar refractivity (Wildman–Crippen MR) is 68.7 cm³/mol. The Labute approximate surface area is 102 Å². The van der Waals surface area contributed by atoms with Gasteiger partial charge in [-0.1, -0.05) is 32.4 Å². The highest BCUT2D eigenvalue weighted by atomic mass is 35.5. The Kier molecular flexibility index (Phi) is 4.20. The minimum Gasteiger partial charge on any atom is -0.384 e. The average molecular weight is 237 g/mol. The Morgan fingerprint density at radius 2 is 2.12 bits per heavy atom. The molecule has 2 nitrogen and oxygen atoms in total. The molecular formula is C13H17ClN2. The molecule has 16 heavy (non-hydrogen) atoms. The van der Waals surface area contributed by atoms with E-state index >= 15 is 0 Å². The second kappa shape index (κ2) is 5.23. The molecule has 0 fully saturated rings. The summed E-state index contributed by atoms with van der Waals surface area (Å²) in [5.41, 5.74) is 1.74. The van der Waals surface area contributed by atoms with Gasteiger partial charge in [0, 0.05) is 12.2 Å². The van der Waals surface area contributed by atoms with Gasteiger partial charge in [-0.15, -0.1) is 0 Å². The van der Waals surface area contributed by atoms with Crippen LogP contribution in [0.4, 0.5) is 5.69 Å². The van der Waals surface area contributed by atoms with E-state index in [9.17, 15) is 0 Å². The number of benzene rings is 1. The molecule has 0 spiro atoms. The van der Waals surface area contributed by atoms with Gasteiger partial charge in [0.05, 0.1) is 10.6 Å². The monoisotopic (exact) mass is 236 g/mol. The van der Waals surface area contributed by atoms with Crippen molar-refractivity contribution in [2.75, 3.05) is 11.9 Å². The third-order valence-corrected chi connectivity index (χ3v) is 3.13. The van der Waals surface area contributed by atoms with Crippen LogP contribution < -0.4 is 5.32 Å². The molecular weight excluding hydrogens is 220 g/mol. The first-order chi connectivity index (χ1) is 7.48. The number of nitrogens with zero attached hydrogens (tertiary/aromatic N) is 1. The molecule has 0 bridgehead atoms. The molecule has 3 heteroatoms. The van der Waals surface area contributed by atoms with E-state index in [2.05, 4.69) is 26.1 Å². The molecule has 0 saturated heterocycles. The largest absolute Gasteiger partial charge is 0.384 e. The summed E-state index contributed by atoms with van der Waals surface area (Å²) in [4.78, 5) is 0. The van der Waals surface area contributed by atoms with Crippen LogP contribution in [0.3, 0.4) is 0 Å². The first-order valence-electron chi connectivity index (χ1n) is 5.42. The number of nitrogens with one attached hydrogen (secondary N) is 1. The van der Waals surface area contributed by atoms with Crippen LogP contribution in [0.25, 0.3) is 0 Å². The Hall–Kier alpha value is -1.20. The van der Waals surface area contributed by atoms with E-state index in [0.29, 0.717) is 10.6 Å². The Morgan fingerprint density at radius 1 is 1.44 bits per heavy atom. The Balaban J connectivity index is 2.70. The third kappa shape index (κ3) is 3.43.